The van der Waals surface area contributed by atoms with Gasteiger partial charge in [-0.2, -0.15) is 0 Å². The molecular weight excluding hydrogens is 459 g/mol. The van der Waals surface area contributed by atoms with Crippen molar-refractivity contribution in [2.24, 2.45) is 5.73 Å². The van der Waals surface area contributed by atoms with Gasteiger partial charge in [0.25, 0.3) is 0 Å². The minimum Gasteiger partial charge on any atom is -0.456 e. The normalized spacial score (nSPS) is 15.9. The molecule has 3 aromatic rings. The molecule has 1 heterocycles. The third kappa shape index (κ3) is 4.79. The van der Waals surface area contributed by atoms with Crippen molar-refractivity contribution in [1.29, 1.82) is 0 Å². The van der Waals surface area contributed by atoms with Gasteiger partial charge in [0, 0.05) is 40.2 Å². The highest BCUT2D eigenvalue weighted by Gasteiger charge is 2.32. The molecule has 1 fully saturated rings. The van der Waals surface area contributed by atoms with Gasteiger partial charge in [-0.1, -0.05) is 46.9 Å². The smallest absolute Gasteiger partial charge is 0.248 e. The van der Waals surface area contributed by atoms with Gasteiger partial charge in [0.1, 0.15) is 11.5 Å². The molecular formula is C23H17Cl3N2O3. The Kier molecular flexibility index (Phi) is 6.10. The molecule has 4 rings (SSSR count). The number of rotatable bonds is 5. The Morgan fingerprint density at radius 2 is 1.74 bits per heavy atom. The number of anilines is 1. The van der Waals surface area contributed by atoms with Crippen LogP contribution in [-0.2, 0) is 4.79 Å². The van der Waals surface area contributed by atoms with E-state index in [4.69, 9.17) is 45.3 Å². The molecule has 0 saturated carbocycles. The van der Waals surface area contributed by atoms with Crippen LogP contribution in [0.25, 0.3) is 0 Å². The molecule has 0 aliphatic carbocycles. The second kappa shape index (κ2) is 8.79. The Balaban J connectivity index is 1.58. The molecule has 0 bridgehead atoms. The van der Waals surface area contributed by atoms with Crippen LogP contribution in [0.2, 0.25) is 15.1 Å². The number of primary amides is 1. The Labute approximate surface area is 194 Å². The van der Waals surface area contributed by atoms with E-state index in [1.807, 2.05) is 12.1 Å². The summed E-state index contributed by atoms with van der Waals surface area (Å²) in [5, 5.41) is 1.32. The molecule has 8 heteroatoms. The number of halogens is 3. The van der Waals surface area contributed by atoms with Crippen LogP contribution in [-0.4, -0.2) is 18.4 Å². The van der Waals surface area contributed by atoms with E-state index in [1.54, 1.807) is 53.4 Å². The second-order valence-corrected chi connectivity index (χ2v) is 8.50. The van der Waals surface area contributed by atoms with Crippen molar-refractivity contribution in [3.63, 3.8) is 0 Å². The van der Waals surface area contributed by atoms with Gasteiger partial charge in [-0.05, 0) is 54.1 Å². The highest BCUT2D eigenvalue weighted by Crippen LogP contribution is 2.38. The molecule has 2 N–H and O–H groups in total. The molecule has 1 atom stereocenters. The van der Waals surface area contributed by atoms with Gasteiger partial charge in [-0.25, -0.2) is 0 Å². The quantitative estimate of drug-likeness (QED) is 0.487. The maximum Gasteiger partial charge on any atom is 0.248 e. The fourth-order valence-electron chi connectivity index (χ4n) is 3.57. The first-order valence-electron chi connectivity index (χ1n) is 9.44. The SMILES string of the molecule is NC(=O)c1cccc(N2C[C@@H](c3ccc(Cl)c(Oc4cc(Cl)cc(Cl)c4)c3)CC2=O)c1. The molecule has 158 valence electrons. The lowest BCUT2D eigenvalue weighted by Crippen LogP contribution is -2.24. The fourth-order valence-corrected chi connectivity index (χ4v) is 4.24. The number of hydrogen-bond donors (Lipinski definition) is 1. The minimum atomic E-state index is -0.536. The Morgan fingerprint density at radius 1 is 1.00 bits per heavy atom. The molecule has 1 aliphatic rings. The summed E-state index contributed by atoms with van der Waals surface area (Å²) in [7, 11) is 0. The first kappa shape index (κ1) is 21.5. The van der Waals surface area contributed by atoms with Gasteiger partial charge in [-0.3, -0.25) is 9.59 Å². The predicted octanol–water partition coefficient (Wildman–Crippen LogP) is 6.06. The van der Waals surface area contributed by atoms with Crippen LogP contribution in [0.3, 0.4) is 0 Å². The number of hydrogen-bond acceptors (Lipinski definition) is 3. The zero-order chi connectivity index (χ0) is 22.1. The molecule has 31 heavy (non-hydrogen) atoms. The van der Waals surface area contributed by atoms with Crippen LogP contribution in [0.1, 0.15) is 28.3 Å². The van der Waals surface area contributed by atoms with Gasteiger partial charge < -0.3 is 15.4 Å². The number of nitrogens with two attached hydrogens (primary N) is 1. The maximum absolute atomic E-state index is 12.7. The van der Waals surface area contributed by atoms with E-state index in [0.29, 0.717) is 50.8 Å². The van der Waals surface area contributed by atoms with Crippen molar-refractivity contribution in [3.05, 3.63) is 86.9 Å². The van der Waals surface area contributed by atoms with E-state index in [2.05, 4.69) is 0 Å². The number of benzene rings is 3. The Bertz CT molecular complexity index is 1160. The van der Waals surface area contributed by atoms with Crippen LogP contribution >= 0.6 is 34.8 Å². The van der Waals surface area contributed by atoms with E-state index >= 15 is 0 Å². The molecule has 2 amide bonds. The molecule has 1 aliphatic heterocycles. The average Bonchev–Trinajstić information content (AvgIpc) is 3.10. The number of ether oxygens (including phenoxy) is 1. The largest absolute Gasteiger partial charge is 0.456 e. The Hall–Kier alpha value is -2.73. The molecule has 1 saturated heterocycles. The summed E-state index contributed by atoms with van der Waals surface area (Å²) in [4.78, 5) is 25.8. The highest BCUT2D eigenvalue weighted by atomic mass is 35.5. The van der Waals surface area contributed by atoms with Crippen molar-refractivity contribution >= 4 is 52.3 Å². The monoisotopic (exact) mass is 474 g/mol. The lowest BCUT2D eigenvalue weighted by atomic mass is 9.98. The number of carbonyl (C=O) groups excluding carboxylic acids is 2. The molecule has 0 radical (unpaired) electrons. The number of nitrogens with zero attached hydrogens (tertiary/aromatic N) is 1. The fraction of sp³-hybridized carbons (Fsp3) is 0.130. The summed E-state index contributed by atoms with van der Waals surface area (Å²) >= 11 is 18.4. The van der Waals surface area contributed by atoms with E-state index < -0.39 is 5.91 Å². The average molecular weight is 476 g/mol. The van der Waals surface area contributed by atoms with Gasteiger partial charge in [-0.15, -0.1) is 0 Å². The predicted molar refractivity (Wildman–Crippen MR) is 123 cm³/mol. The van der Waals surface area contributed by atoms with Crippen LogP contribution in [0.15, 0.2) is 60.7 Å². The summed E-state index contributed by atoms with van der Waals surface area (Å²) in [6, 6.07) is 17.1. The first-order valence-corrected chi connectivity index (χ1v) is 10.6. The van der Waals surface area contributed by atoms with Crippen molar-refractivity contribution in [3.8, 4) is 11.5 Å². The summed E-state index contributed by atoms with van der Waals surface area (Å²) in [5.74, 6) is 0.270. The molecule has 0 aromatic heterocycles. The van der Waals surface area contributed by atoms with Gasteiger partial charge in [0.15, 0.2) is 0 Å². The van der Waals surface area contributed by atoms with E-state index in [-0.39, 0.29) is 11.8 Å². The standard InChI is InChI=1S/C23H17Cl3N2O3/c24-16-9-17(25)11-19(10-16)31-21-7-13(4-5-20(21)26)15-8-22(29)28(12-15)18-3-1-2-14(6-18)23(27)30/h1-7,9-11,15H,8,12H2,(H2,27,30)/t15-/m0/s1. The zero-order valence-electron chi connectivity index (χ0n) is 16.1. The van der Waals surface area contributed by atoms with Crippen molar-refractivity contribution in [2.75, 3.05) is 11.4 Å². The van der Waals surface area contributed by atoms with Crippen LogP contribution < -0.4 is 15.4 Å². The summed E-state index contributed by atoms with van der Waals surface area (Å²) in [6.07, 6.45) is 0.324. The molecule has 0 unspecified atom stereocenters. The minimum absolute atomic E-state index is 0.0364. The lowest BCUT2D eigenvalue weighted by Gasteiger charge is -2.18. The van der Waals surface area contributed by atoms with E-state index in [9.17, 15) is 9.59 Å². The van der Waals surface area contributed by atoms with Crippen molar-refractivity contribution in [1.82, 2.24) is 0 Å². The van der Waals surface area contributed by atoms with E-state index in [1.165, 1.54) is 0 Å². The summed E-state index contributed by atoms with van der Waals surface area (Å²) < 4.78 is 5.90. The summed E-state index contributed by atoms with van der Waals surface area (Å²) in [6.45, 7) is 0.463. The maximum atomic E-state index is 12.7. The van der Waals surface area contributed by atoms with Gasteiger partial charge in [0.05, 0.1) is 5.02 Å². The molecule has 3 aromatic carbocycles. The van der Waals surface area contributed by atoms with Crippen LogP contribution in [0.5, 0.6) is 11.5 Å². The number of carbonyl (C=O) groups is 2. The van der Waals surface area contributed by atoms with Crippen molar-refractivity contribution < 1.29 is 14.3 Å². The third-order valence-corrected chi connectivity index (χ3v) is 5.81. The zero-order valence-corrected chi connectivity index (χ0v) is 18.4. The van der Waals surface area contributed by atoms with Gasteiger partial charge in [0.2, 0.25) is 11.8 Å². The third-order valence-electron chi connectivity index (χ3n) is 5.06. The van der Waals surface area contributed by atoms with Crippen LogP contribution in [0.4, 0.5) is 5.69 Å². The topological polar surface area (TPSA) is 72.6 Å². The Morgan fingerprint density at radius 3 is 2.45 bits per heavy atom. The highest BCUT2D eigenvalue weighted by molar-refractivity contribution is 6.35. The van der Waals surface area contributed by atoms with Crippen molar-refractivity contribution in [2.45, 2.75) is 12.3 Å². The first-order chi connectivity index (χ1) is 14.8. The van der Waals surface area contributed by atoms with Crippen LogP contribution in [0, 0.1) is 0 Å². The summed E-state index contributed by atoms with van der Waals surface area (Å²) in [5.41, 5.74) is 7.27. The van der Waals surface area contributed by atoms with Gasteiger partial charge >= 0.3 is 0 Å². The number of amides is 2. The molecule has 5 nitrogen and oxygen atoms in total. The molecule has 0 spiro atoms. The second-order valence-electron chi connectivity index (χ2n) is 7.22. The lowest BCUT2D eigenvalue weighted by molar-refractivity contribution is -0.117. The van der Waals surface area contributed by atoms with E-state index in [0.717, 1.165) is 5.56 Å².